The maximum Gasteiger partial charge on any atom is 0.100 e. The summed E-state index contributed by atoms with van der Waals surface area (Å²) in [4.78, 5) is 0. The summed E-state index contributed by atoms with van der Waals surface area (Å²) >= 11 is 3.34. The van der Waals surface area contributed by atoms with E-state index in [1.807, 2.05) is 12.1 Å². The van der Waals surface area contributed by atoms with E-state index in [1.165, 1.54) is 0 Å². The van der Waals surface area contributed by atoms with E-state index in [0.29, 0.717) is 11.6 Å². The normalized spacial score (nSPS) is 24.1. The van der Waals surface area contributed by atoms with Crippen LogP contribution in [0.2, 0.25) is 0 Å². The average molecular weight is 267 g/mol. The number of hydrogen-bond acceptors (Lipinski definition) is 3. The monoisotopic (exact) mass is 266 g/mol. The molecule has 4 heteroatoms. The van der Waals surface area contributed by atoms with Crippen LogP contribution in [-0.2, 0) is 0 Å². The summed E-state index contributed by atoms with van der Waals surface area (Å²) < 4.78 is 0.801. The Bertz CT molecular complexity index is 408. The molecule has 2 N–H and O–H groups in total. The van der Waals surface area contributed by atoms with Gasteiger partial charge in [0, 0.05) is 16.2 Å². The molecule has 0 saturated heterocycles. The molecule has 0 amide bonds. The predicted molar refractivity (Wildman–Crippen MR) is 61.5 cm³/mol. The third kappa shape index (κ3) is 2.31. The van der Waals surface area contributed by atoms with Crippen molar-refractivity contribution in [3.63, 3.8) is 0 Å². The van der Waals surface area contributed by atoms with E-state index in [0.717, 1.165) is 23.0 Å². The molecule has 1 aliphatic carbocycles. The standard InChI is InChI=1S/C11H11BrN2O/c12-11-5-8(2-1-7(11)6-13)14-9-3-10(15)4-9/h1-2,5,9-10,14-15H,3-4H2. The summed E-state index contributed by atoms with van der Waals surface area (Å²) in [5.41, 5.74) is 1.62. The number of nitrogens with zero attached hydrogens (tertiary/aromatic N) is 1. The van der Waals surface area contributed by atoms with Gasteiger partial charge < -0.3 is 10.4 Å². The Balaban J connectivity index is 2.04. The third-order valence-corrected chi connectivity index (χ3v) is 3.23. The van der Waals surface area contributed by atoms with Crippen LogP contribution in [0.1, 0.15) is 18.4 Å². The molecule has 1 saturated carbocycles. The van der Waals surface area contributed by atoms with Crippen LogP contribution in [0.4, 0.5) is 5.69 Å². The van der Waals surface area contributed by atoms with Crippen LogP contribution in [0.3, 0.4) is 0 Å². The lowest BCUT2D eigenvalue weighted by molar-refractivity contribution is 0.0836. The highest BCUT2D eigenvalue weighted by molar-refractivity contribution is 9.10. The molecule has 1 aliphatic rings. The molecule has 0 heterocycles. The number of aliphatic hydroxyl groups excluding tert-OH is 1. The molecule has 0 aromatic heterocycles. The van der Waals surface area contributed by atoms with Gasteiger partial charge >= 0.3 is 0 Å². The first-order valence-electron chi connectivity index (χ1n) is 4.83. The summed E-state index contributed by atoms with van der Waals surface area (Å²) in [7, 11) is 0. The van der Waals surface area contributed by atoms with E-state index in [9.17, 15) is 0 Å². The van der Waals surface area contributed by atoms with E-state index in [4.69, 9.17) is 10.4 Å². The highest BCUT2D eigenvalue weighted by Crippen LogP contribution is 2.26. The summed E-state index contributed by atoms with van der Waals surface area (Å²) in [6, 6.07) is 8.01. The van der Waals surface area contributed by atoms with E-state index in [2.05, 4.69) is 27.3 Å². The summed E-state index contributed by atoms with van der Waals surface area (Å²) in [5.74, 6) is 0. The van der Waals surface area contributed by atoms with Gasteiger partial charge in [0.1, 0.15) is 6.07 Å². The fourth-order valence-corrected chi connectivity index (χ4v) is 2.10. The van der Waals surface area contributed by atoms with Crippen molar-refractivity contribution in [2.24, 2.45) is 0 Å². The molecule has 0 spiro atoms. The second kappa shape index (κ2) is 4.21. The van der Waals surface area contributed by atoms with E-state index < -0.39 is 0 Å². The van der Waals surface area contributed by atoms with E-state index in [-0.39, 0.29) is 6.10 Å². The van der Waals surface area contributed by atoms with Gasteiger partial charge in [0.05, 0.1) is 11.7 Å². The van der Waals surface area contributed by atoms with Gasteiger partial charge in [0.25, 0.3) is 0 Å². The lowest BCUT2D eigenvalue weighted by Gasteiger charge is -2.32. The molecule has 15 heavy (non-hydrogen) atoms. The molecular formula is C11H11BrN2O. The Hall–Kier alpha value is -1.05. The lowest BCUT2D eigenvalue weighted by Crippen LogP contribution is -2.38. The molecule has 2 rings (SSSR count). The fourth-order valence-electron chi connectivity index (χ4n) is 1.64. The molecule has 0 unspecified atom stereocenters. The van der Waals surface area contributed by atoms with Crippen molar-refractivity contribution >= 4 is 21.6 Å². The zero-order chi connectivity index (χ0) is 10.8. The molecule has 1 aromatic carbocycles. The van der Waals surface area contributed by atoms with Crippen molar-refractivity contribution in [1.82, 2.24) is 0 Å². The first-order valence-corrected chi connectivity index (χ1v) is 5.62. The molecule has 1 aromatic rings. The van der Waals surface area contributed by atoms with Gasteiger partial charge in [-0.15, -0.1) is 0 Å². The maximum atomic E-state index is 9.14. The zero-order valence-corrected chi connectivity index (χ0v) is 9.66. The van der Waals surface area contributed by atoms with Gasteiger partial charge in [-0.05, 0) is 47.0 Å². The Morgan fingerprint density at radius 2 is 2.20 bits per heavy atom. The predicted octanol–water partition coefficient (Wildman–Crippen LogP) is 2.26. The van der Waals surface area contributed by atoms with Crippen molar-refractivity contribution in [2.45, 2.75) is 25.0 Å². The average Bonchev–Trinajstić information content (AvgIpc) is 2.16. The molecule has 0 bridgehead atoms. The Kier molecular flexibility index (Phi) is 2.94. The summed E-state index contributed by atoms with van der Waals surface area (Å²) in [6.07, 6.45) is 1.46. The van der Waals surface area contributed by atoms with Crippen LogP contribution in [-0.4, -0.2) is 17.3 Å². The fraction of sp³-hybridized carbons (Fsp3) is 0.364. The molecular weight excluding hydrogens is 256 g/mol. The second-order valence-electron chi connectivity index (χ2n) is 3.77. The molecule has 0 atom stereocenters. The maximum absolute atomic E-state index is 9.14. The first-order chi connectivity index (χ1) is 7.19. The van der Waals surface area contributed by atoms with E-state index >= 15 is 0 Å². The number of nitriles is 1. The van der Waals surface area contributed by atoms with Crippen LogP contribution >= 0.6 is 15.9 Å². The molecule has 3 nitrogen and oxygen atoms in total. The molecule has 0 radical (unpaired) electrons. The van der Waals surface area contributed by atoms with Gasteiger partial charge in [-0.3, -0.25) is 0 Å². The number of nitrogens with one attached hydrogen (secondary N) is 1. The largest absolute Gasteiger partial charge is 0.393 e. The minimum Gasteiger partial charge on any atom is -0.393 e. The van der Waals surface area contributed by atoms with Crippen LogP contribution < -0.4 is 5.32 Å². The Labute approximate surface area is 96.9 Å². The van der Waals surface area contributed by atoms with Crippen LogP contribution in [0.5, 0.6) is 0 Å². The molecule has 0 aliphatic heterocycles. The van der Waals surface area contributed by atoms with Crippen LogP contribution in [0, 0.1) is 11.3 Å². The Morgan fingerprint density at radius 3 is 2.73 bits per heavy atom. The van der Waals surface area contributed by atoms with Crippen molar-refractivity contribution in [2.75, 3.05) is 5.32 Å². The van der Waals surface area contributed by atoms with Gasteiger partial charge in [-0.2, -0.15) is 5.26 Å². The number of benzene rings is 1. The second-order valence-corrected chi connectivity index (χ2v) is 4.63. The zero-order valence-electron chi connectivity index (χ0n) is 8.07. The summed E-state index contributed by atoms with van der Waals surface area (Å²) in [5, 5.41) is 21.2. The minimum atomic E-state index is -0.149. The van der Waals surface area contributed by atoms with Crippen molar-refractivity contribution < 1.29 is 5.11 Å². The van der Waals surface area contributed by atoms with Crippen molar-refractivity contribution in [1.29, 1.82) is 5.26 Å². The number of halogens is 1. The highest BCUT2D eigenvalue weighted by Gasteiger charge is 2.26. The number of anilines is 1. The molecule has 1 fully saturated rings. The highest BCUT2D eigenvalue weighted by atomic mass is 79.9. The molecule has 78 valence electrons. The van der Waals surface area contributed by atoms with Crippen LogP contribution in [0.25, 0.3) is 0 Å². The van der Waals surface area contributed by atoms with Gasteiger partial charge in [0.2, 0.25) is 0 Å². The lowest BCUT2D eigenvalue weighted by atomic mass is 9.89. The van der Waals surface area contributed by atoms with Gasteiger partial charge in [-0.1, -0.05) is 0 Å². The van der Waals surface area contributed by atoms with Crippen molar-refractivity contribution in [3.8, 4) is 6.07 Å². The van der Waals surface area contributed by atoms with E-state index in [1.54, 1.807) is 6.07 Å². The Morgan fingerprint density at radius 1 is 1.47 bits per heavy atom. The summed E-state index contributed by atoms with van der Waals surface area (Å²) in [6.45, 7) is 0. The third-order valence-electron chi connectivity index (χ3n) is 2.57. The smallest absolute Gasteiger partial charge is 0.100 e. The van der Waals surface area contributed by atoms with Crippen LogP contribution in [0.15, 0.2) is 22.7 Å². The van der Waals surface area contributed by atoms with Gasteiger partial charge in [-0.25, -0.2) is 0 Å². The topological polar surface area (TPSA) is 56.0 Å². The SMILES string of the molecule is N#Cc1ccc(NC2CC(O)C2)cc1Br. The first kappa shape index (κ1) is 10.5. The number of hydrogen-bond donors (Lipinski definition) is 2. The quantitative estimate of drug-likeness (QED) is 0.864. The van der Waals surface area contributed by atoms with Crippen molar-refractivity contribution in [3.05, 3.63) is 28.2 Å². The van der Waals surface area contributed by atoms with Gasteiger partial charge in [0.15, 0.2) is 0 Å². The number of aliphatic hydroxyl groups is 1. The minimum absolute atomic E-state index is 0.149. The number of rotatable bonds is 2.